The van der Waals surface area contributed by atoms with E-state index in [-0.39, 0.29) is 5.91 Å². The van der Waals surface area contributed by atoms with E-state index in [1.54, 1.807) is 7.11 Å². The molecule has 0 radical (unpaired) electrons. The van der Waals surface area contributed by atoms with Crippen molar-refractivity contribution in [2.75, 3.05) is 13.7 Å². The smallest absolute Gasteiger partial charge is 0.252 e. The van der Waals surface area contributed by atoms with Gasteiger partial charge in [-0.25, -0.2) is 0 Å². The van der Waals surface area contributed by atoms with Gasteiger partial charge in [0.1, 0.15) is 0 Å². The van der Waals surface area contributed by atoms with Gasteiger partial charge in [-0.3, -0.25) is 4.79 Å². The lowest BCUT2D eigenvalue weighted by atomic mass is 10.1. The molecule has 25 heavy (non-hydrogen) atoms. The zero-order valence-corrected chi connectivity index (χ0v) is 15.7. The monoisotopic (exact) mass is 374 g/mol. The number of halogens is 1. The third-order valence-electron chi connectivity index (χ3n) is 3.82. The number of thiazole rings is 1. The highest BCUT2D eigenvalue weighted by Crippen LogP contribution is 2.22. The topological polar surface area (TPSA) is 43.6 Å². The number of benzene rings is 2. The summed E-state index contributed by atoms with van der Waals surface area (Å²) in [5.41, 5.74) is 3.12. The minimum atomic E-state index is -0.158. The van der Waals surface area contributed by atoms with Gasteiger partial charge >= 0.3 is 0 Å². The molecule has 0 aliphatic heterocycles. The summed E-state index contributed by atoms with van der Waals surface area (Å²) >= 11 is 7.55. The first kappa shape index (κ1) is 17.9. The van der Waals surface area contributed by atoms with E-state index in [1.807, 2.05) is 54.0 Å². The number of hydrogen-bond acceptors (Lipinski definition) is 3. The van der Waals surface area contributed by atoms with Crippen LogP contribution >= 0.6 is 22.9 Å². The van der Waals surface area contributed by atoms with Crippen LogP contribution in [0.5, 0.6) is 0 Å². The number of nitrogens with zero attached hydrogens (tertiary/aromatic N) is 2. The average molecular weight is 375 g/mol. The van der Waals surface area contributed by atoms with Crippen LogP contribution < -0.4 is 4.80 Å². The fraction of sp³-hybridized carbons (Fsp3) is 0.263. The molecular weight excluding hydrogens is 356 g/mol. The third-order valence-corrected chi connectivity index (χ3v) is 5.10. The Balaban J connectivity index is 1.97. The first-order valence-corrected chi connectivity index (χ1v) is 9.17. The van der Waals surface area contributed by atoms with Gasteiger partial charge in [0.05, 0.1) is 23.2 Å². The number of aryl methyl sites for hydroxylation is 1. The zero-order chi connectivity index (χ0) is 17.8. The number of carbonyl (C=O) groups is 1. The van der Waals surface area contributed by atoms with Gasteiger partial charge in [-0.1, -0.05) is 52.8 Å². The molecule has 3 aromatic rings. The largest absolute Gasteiger partial charge is 0.383 e. The summed E-state index contributed by atoms with van der Waals surface area (Å²) in [5.74, 6) is -0.158. The number of carbonyl (C=O) groups excluding carboxylic acids is 1. The predicted molar refractivity (Wildman–Crippen MR) is 102 cm³/mol. The Morgan fingerprint density at radius 3 is 2.88 bits per heavy atom. The molecule has 0 unspecified atom stereocenters. The van der Waals surface area contributed by atoms with Crippen LogP contribution in [0.25, 0.3) is 10.2 Å². The van der Waals surface area contributed by atoms with Crippen LogP contribution in [0.2, 0.25) is 5.02 Å². The number of rotatable bonds is 5. The molecule has 0 bridgehead atoms. The first-order valence-electron chi connectivity index (χ1n) is 7.98. The fourth-order valence-electron chi connectivity index (χ4n) is 2.67. The van der Waals surface area contributed by atoms with E-state index >= 15 is 0 Å². The van der Waals surface area contributed by atoms with Gasteiger partial charge < -0.3 is 9.30 Å². The quantitative estimate of drug-likeness (QED) is 0.678. The van der Waals surface area contributed by atoms with Crippen molar-refractivity contribution in [1.82, 2.24) is 4.57 Å². The van der Waals surface area contributed by atoms with E-state index in [0.29, 0.717) is 29.4 Å². The molecule has 1 aromatic heterocycles. The molecule has 0 N–H and O–H groups in total. The Morgan fingerprint density at radius 2 is 2.12 bits per heavy atom. The maximum atomic E-state index is 12.4. The molecule has 2 aromatic carbocycles. The number of methoxy groups -OCH3 is 1. The number of aromatic nitrogens is 1. The lowest BCUT2D eigenvalue weighted by molar-refractivity contribution is -0.117. The molecule has 1 heterocycles. The van der Waals surface area contributed by atoms with Crippen LogP contribution in [0, 0.1) is 6.92 Å². The van der Waals surface area contributed by atoms with Crippen molar-refractivity contribution < 1.29 is 9.53 Å². The van der Waals surface area contributed by atoms with Gasteiger partial charge in [0.2, 0.25) is 0 Å². The molecule has 4 nitrogen and oxygen atoms in total. The second kappa shape index (κ2) is 7.95. The van der Waals surface area contributed by atoms with Crippen molar-refractivity contribution in [2.24, 2.45) is 4.99 Å². The van der Waals surface area contributed by atoms with Crippen molar-refractivity contribution in [3.63, 3.8) is 0 Å². The minimum absolute atomic E-state index is 0.158. The lowest BCUT2D eigenvalue weighted by Crippen LogP contribution is -2.19. The summed E-state index contributed by atoms with van der Waals surface area (Å²) in [7, 11) is 1.66. The van der Waals surface area contributed by atoms with E-state index in [9.17, 15) is 4.79 Å². The summed E-state index contributed by atoms with van der Waals surface area (Å²) in [4.78, 5) is 17.5. The molecule has 0 aliphatic carbocycles. The molecule has 1 amide bonds. The second-order valence-corrected chi connectivity index (χ2v) is 7.26. The van der Waals surface area contributed by atoms with Crippen molar-refractivity contribution in [2.45, 2.75) is 19.9 Å². The molecule has 0 fully saturated rings. The molecule has 0 saturated heterocycles. The lowest BCUT2D eigenvalue weighted by Gasteiger charge is -2.04. The zero-order valence-electron chi connectivity index (χ0n) is 14.2. The summed E-state index contributed by atoms with van der Waals surface area (Å²) in [6.07, 6.45) is 0.293. The van der Waals surface area contributed by atoms with E-state index in [0.717, 1.165) is 21.3 Å². The highest BCUT2D eigenvalue weighted by atomic mass is 35.5. The Labute approximate surface area is 155 Å². The molecule has 6 heteroatoms. The van der Waals surface area contributed by atoms with Crippen molar-refractivity contribution in [1.29, 1.82) is 0 Å². The summed E-state index contributed by atoms with van der Waals surface area (Å²) in [5, 5.41) is 0.672. The molecule has 0 saturated carbocycles. The van der Waals surface area contributed by atoms with Crippen molar-refractivity contribution in [3.05, 3.63) is 63.4 Å². The standard InChI is InChI=1S/C19H19ClN2O2S/c1-13-4-3-5-14(10-13)11-18(23)21-19-22(8-9-24-2)16-7-6-15(20)12-17(16)25-19/h3-7,10,12H,8-9,11H2,1-2H3. The van der Waals surface area contributed by atoms with E-state index in [2.05, 4.69) is 4.99 Å². The van der Waals surface area contributed by atoms with Crippen molar-refractivity contribution in [3.8, 4) is 0 Å². The Hall–Kier alpha value is -1.95. The van der Waals surface area contributed by atoms with E-state index < -0.39 is 0 Å². The van der Waals surface area contributed by atoms with Crippen LogP contribution in [-0.4, -0.2) is 24.2 Å². The number of amides is 1. The molecule has 3 rings (SSSR count). The van der Waals surface area contributed by atoms with E-state index in [4.69, 9.17) is 16.3 Å². The summed E-state index contributed by atoms with van der Waals surface area (Å²) in [6.45, 7) is 3.20. The maximum absolute atomic E-state index is 12.4. The molecule has 130 valence electrons. The minimum Gasteiger partial charge on any atom is -0.383 e. The van der Waals surface area contributed by atoms with Gasteiger partial charge in [0, 0.05) is 18.7 Å². The van der Waals surface area contributed by atoms with Gasteiger partial charge in [-0.2, -0.15) is 4.99 Å². The predicted octanol–water partition coefficient (Wildman–Crippen LogP) is 3.98. The Kier molecular flexibility index (Phi) is 5.68. The van der Waals surface area contributed by atoms with Crippen LogP contribution in [0.4, 0.5) is 0 Å². The fourth-order valence-corrected chi connectivity index (χ4v) is 4.02. The van der Waals surface area contributed by atoms with Crippen molar-refractivity contribution >= 4 is 39.1 Å². The van der Waals surface area contributed by atoms with E-state index in [1.165, 1.54) is 11.3 Å². The van der Waals surface area contributed by atoms with Crippen LogP contribution in [0.3, 0.4) is 0 Å². The summed E-state index contributed by atoms with van der Waals surface area (Å²) in [6, 6.07) is 13.6. The summed E-state index contributed by atoms with van der Waals surface area (Å²) < 4.78 is 8.20. The number of ether oxygens (including phenoxy) is 1. The number of hydrogen-bond donors (Lipinski definition) is 0. The Morgan fingerprint density at radius 1 is 1.28 bits per heavy atom. The van der Waals surface area contributed by atoms with Gasteiger partial charge in [0.25, 0.3) is 5.91 Å². The molecule has 0 spiro atoms. The van der Waals surface area contributed by atoms with Crippen LogP contribution in [-0.2, 0) is 22.5 Å². The van der Waals surface area contributed by atoms with Gasteiger partial charge in [-0.05, 0) is 30.7 Å². The number of fused-ring (bicyclic) bond motifs is 1. The van der Waals surface area contributed by atoms with Crippen LogP contribution in [0.1, 0.15) is 11.1 Å². The highest BCUT2D eigenvalue weighted by molar-refractivity contribution is 7.16. The molecule has 0 aliphatic rings. The molecular formula is C19H19ClN2O2S. The van der Waals surface area contributed by atoms with Crippen LogP contribution in [0.15, 0.2) is 47.5 Å². The maximum Gasteiger partial charge on any atom is 0.252 e. The normalized spacial score (nSPS) is 12.0. The SMILES string of the molecule is COCCn1c(=NC(=O)Cc2cccc(C)c2)sc2cc(Cl)ccc21. The second-order valence-electron chi connectivity index (χ2n) is 5.81. The van der Waals surface area contributed by atoms with Gasteiger partial charge in [-0.15, -0.1) is 0 Å². The van der Waals surface area contributed by atoms with Gasteiger partial charge in [0.15, 0.2) is 4.80 Å². The molecule has 0 atom stereocenters. The third kappa shape index (κ3) is 4.37. The average Bonchev–Trinajstić information content (AvgIpc) is 2.88. The first-order chi connectivity index (χ1) is 12.1. The highest BCUT2D eigenvalue weighted by Gasteiger charge is 2.09. The Bertz CT molecular complexity index is 975.